The van der Waals surface area contributed by atoms with Gasteiger partial charge in [-0.1, -0.05) is 6.07 Å². The van der Waals surface area contributed by atoms with Gasteiger partial charge in [0.05, 0.1) is 5.69 Å². The van der Waals surface area contributed by atoms with Crippen molar-refractivity contribution in [3.05, 3.63) is 48.4 Å². The van der Waals surface area contributed by atoms with E-state index in [1.54, 1.807) is 6.20 Å². The van der Waals surface area contributed by atoms with Crippen LogP contribution in [0.3, 0.4) is 0 Å². The number of fused-ring (bicyclic) bond motifs is 1. The van der Waals surface area contributed by atoms with Gasteiger partial charge >= 0.3 is 0 Å². The molecule has 0 fully saturated rings. The molecule has 2 heterocycles. The monoisotopic (exact) mass is 300 g/mol. The number of anilines is 1. The highest BCUT2D eigenvalue weighted by Gasteiger charge is 2.13. The van der Waals surface area contributed by atoms with E-state index < -0.39 is 0 Å². The number of halogens is 1. The molecule has 5 heteroatoms. The lowest BCUT2D eigenvalue weighted by Crippen LogP contribution is -2.10. The number of alkyl halides is 1. The molecule has 0 bridgehead atoms. The third kappa shape index (κ3) is 2.59. The lowest BCUT2D eigenvalue weighted by Gasteiger charge is -2.15. The van der Waals surface area contributed by atoms with Crippen LogP contribution in [0.1, 0.15) is 5.82 Å². The maximum absolute atomic E-state index is 5.92. The summed E-state index contributed by atoms with van der Waals surface area (Å²) in [6, 6.07) is 12.2. The molecule has 0 saturated carbocycles. The Morgan fingerprint density at radius 1 is 1.19 bits per heavy atom. The predicted octanol–water partition coefficient (Wildman–Crippen LogP) is 3.27. The molecule has 4 nitrogen and oxygen atoms in total. The Morgan fingerprint density at radius 2 is 2.05 bits per heavy atom. The molecular weight excluding hydrogens is 284 g/mol. The van der Waals surface area contributed by atoms with Gasteiger partial charge in [0, 0.05) is 38.3 Å². The Morgan fingerprint density at radius 3 is 2.81 bits per heavy atom. The van der Waals surface area contributed by atoms with Gasteiger partial charge in [0.25, 0.3) is 0 Å². The van der Waals surface area contributed by atoms with Gasteiger partial charge < -0.3 is 4.90 Å². The lowest BCUT2D eigenvalue weighted by molar-refractivity contribution is 0.904. The lowest BCUT2D eigenvalue weighted by atomic mass is 10.2. The molecule has 0 aliphatic rings. The number of nitrogens with zero attached hydrogens (tertiary/aromatic N) is 4. The summed E-state index contributed by atoms with van der Waals surface area (Å²) in [6.07, 6.45) is 2.50. The van der Waals surface area contributed by atoms with Gasteiger partial charge in [-0.25, -0.2) is 9.97 Å². The van der Waals surface area contributed by atoms with Gasteiger partial charge in [-0.3, -0.25) is 4.57 Å². The van der Waals surface area contributed by atoms with Crippen molar-refractivity contribution in [1.29, 1.82) is 0 Å². The summed E-state index contributed by atoms with van der Waals surface area (Å²) in [5, 5.41) is 0. The van der Waals surface area contributed by atoms with Crippen LogP contribution in [0.25, 0.3) is 16.9 Å². The smallest absolute Gasteiger partial charge is 0.164 e. The first-order valence-corrected chi connectivity index (χ1v) is 7.40. The van der Waals surface area contributed by atoms with Crippen molar-refractivity contribution in [2.24, 2.45) is 0 Å². The second-order valence-corrected chi connectivity index (χ2v) is 5.44. The summed E-state index contributed by atoms with van der Waals surface area (Å²) in [4.78, 5) is 11.2. The van der Waals surface area contributed by atoms with Gasteiger partial charge in [0.2, 0.25) is 0 Å². The Kier molecular flexibility index (Phi) is 3.80. The minimum atomic E-state index is 0.538. The number of hydrogen-bond donors (Lipinski definition) is 0. The van der Waals surface area contributed by atoms with Gasteiger partial charge in [-0.05, 0) is 30.3 Å². The maximum Gasteiger partial charge on any atom is 0.164 e. The van der Waals surface area contributed by atoms with Crippen molar-refractivity contribution >= 4 is 28.5 Å². The third-order valence-electron chi connectivity index (χ3n) is 3.41. The molecule has 21 heavy (non-hydrogen) atoms. The number of benzene rings is 1. The second kappa shape index (κ2) is 5.74. The quantitative estimate of drug-likeness (QED) is 0.694. The first kappa shape index (κ1) is 13.9. The van der Waals surface area contributed by atoms with Crippen molar-refractivity contribution in [2.45, 2.75) is 6.42 Å². The predicted molar refractivity (Wildman–Crippen MR) is 87.6 cm³/mol. The standard InChI is InChI=1S/C16H17ClN4/c1-20(2)12-5-3-6-13(11-12)21-15(8-9-17)19-14-7-4-10-18-16(14)21/h3-7,10-11H,8-9H2,1-2H3. The van der Waals surface area contributed by atoms with Crippen LogP contribution in [-0.2, 0) is 6.42 Å². The summed E-state index contributed by atoms with van der Waals surface area (Å²) in [5.41, 5.74) is 3.96. The van der Waals surface area contributed by atoms with Crippen LogP contribution in [0.5, 0.6) is 0 Å². The molecule has 0 radical (unpaired) electrons. The van der Waals surface area contributed by atoms with E-state index in [0.29, 0.717) is 12.3 Å². The number of pyridine rings is 1. The van der Waals surface area contributed by atoms with Crippen LogP contribution >= 0.6 is 11.6 Å². The van der Waals surface area contributed by atoms with E-state index in [-0.39, 0.29) is 0 Å². The zero-order valence-electron chi connectivity index (χ0n) is 12.1. The summed E-state index contributed by atoms with van der Waals surface area (Å²) in [6.45, 7) is 0. The van der Waals surface area contributed by atoms with E-state index in [1.165, 1.54) is 0 Å². The number of imidazole rings is 1. The molecule has 0 N–H and O–H groups in total. The fourth-order valence-electron chi connectivity index (χ4n) is 2.39. The van der Waals surface area contributed by atoms with Crippen LogP contribution in [0, 0.1) is 0 Å². The van der Waals surface area contributed by atoms with Crippen molar-refractivity contribution < 1.29 is 0 Å². The number of aryl methyl sites for hydroxylation is 1. The molecule has 1 aromatic carbocycles. The molecule has 0 saturated heterocycles. The average Bonchev–Trinajstić information content (AvgIpc) is 2.85. The van der Waals surface area contributed by atoms with Crippen LogP contribution < -0.4 is 4.90 Å². The van der Waals surface area contributed by atoms with Crippen LogP contribution in [0.4, 0.5) is 5.69 Å². The molecule has 0 unspecified atom stereocenters. The SMILES string of the molecule is CN(C)c1cccc(-n2c(CCCl)nc3cccnc32)c1. The van der Waals surface area contributed by atoms with E-state index in [0.717, 1.165) is 28.4 Å². The van der Waals surface area contributed by atoms with Crippen molar-refractivity contribution in [3.63, 3.8) is 0 Å². The van der Waals surface area contributed by atoms with Crippen LogP contribution in [0.2, 0.25) is 0 Å². The summed E-state index contributed by atoms with van der Waals surface area (Å²) >= 11 is 5.92. The number of aromatic nitrogens is 3. The molecule has 3 rings (SSSR count). The molecule has 2 aromatic heterocycles. The van der Waals surface area contributed by atoms with Crippen LogP contribution in [0.15, 0.2) is 42.6 Å². The molecule has 0 atom stereocenters. The highest BCUT2D eigenvalue weighted by Crippen LogP contribution is 2.23. The van der Waals surface area contributed by atoms with E-state index in [2.05, 4.69) is 37.6 Å². The van der Waals surface area contributed by atoms with Crippen LogP contribution in [-0.4, -0.2) is 34.5 Å². The van der Waals surface area contributed by atoms with E-state index in [4.69, 9.17) is 11.6 Å². The largest absolute Gasteiger partial charge is 0.378 e. The van der Waals surface area contributed by atoms with E-state index >= 15 is 0 Å². The van der Waals surface area contributed by atoms with E-state index in [9.17, 15) is 0 Å². The topological polar surface area (TPSA) is 34.0 Å². The Hall–Kier alpha value is -2.07. The fourth-order valence-corrected chi connectivity index (χ4v) is 2.56. The minimum absolute atomic E-state index is 0.538. The maximum atomic E-state index is 5.92. The molecular formula is C16H17ClN4. The van der Waals surface area contributed by atoms with Crippen molar-refractivity contribution in [2.75, 3.05) is 24.9 Å². The Balaban J connectivity index is 2.22. The zero-order valence-corrected chi connectivity index (χ0v) is 12.9. The molecule has 0 amide bonds. The van der Waals surface area contributed by atoms with Gasteiger partial charge in [0.1, 0.15) is 11.3 Å². The van der Waals surface area contributed by atoms with Gasteiger partial charge in [-0.2, -0.15) is 0 Å². The third-order valence-corrected chi connectivity index (χ3v) is 3.60. The highest BCUT2D eigenvalue weighted by molar-refractivity contribution is 6.17. The zero-order chi connectivity index (χ0) is 14.8. The van der Waals surface area contributed by atoms with Crippen molar-refractivity contribution in [1.82, 2.24) is 14.5 Å². The Labute approximate surface area is 129 Å². The molecule has 0 aliphatic carbocycles. The first-order valence-electron chi connectivity index (χ1n) is 6.87. The van der Waals surface area contributed by atoms with Gasteiger partial charge in [0.15, 0.2) is 5.65 Å². The number of hydrogen-bond acceptors (Lipinski definition) is 3. The summed E-state index contributed by atoms with van der Waals surface area (Å²) < 4.78 is 2.09. The Bertz CT molecular complexity index is 764. The summed E-state index contributed by atoms with van der Waals surface area (Å²) in [5.74, 6) is 1.48. The van der Waals surface area contributed by atoms with Crippen molar-refractivity contribution in [3.8, 4) is 5.69 Å². The molecule has 0 spiro atoms. The van der Waals surface area contributed by atoms with E-state index in [1.807, 2.05) is 32.3 Å². The molecule has 0 aliphatic heterocycles. The second-order valence-electron chi connectivity index (χ2n) is 5.06. The molecule has 108 valence electrons. The van der Waals surface area contributed by atoms with Gasteiger partial charge in [-0.15, -0.1) is 11.6 Å². The highest BCUT2D eigenvalue weighted by atomic mass is 35.5. The number of rotatable bonds is 4. The first-order chi connectivity index (χ1) is 10.2. The average molecular weight is 301 g/mol. The normalized spacial score (nSPS) is 11.0. The fraction of sp³-hybridized carbons (Fsp3) is 0.250. The minimum Gasteiger partial charge on any atom is -0.378 e. The molecule has 3 aromatic rings. The summed E-state index contributed by atoms with van der Waals surface area (Å²) in [7, 11) is 4.06.